The standard InChI is InChI=1S/C17H18N2O3/c1-2-12-5-3-4-6-14(12)19-17(20)18-13-7-8-15-16(11-13)22-10-9-21-15/h3-8,11H,2,9-10H2,1H3,(H2,18,19,20). The molecule has 2 aromatic rings. The predicted octanol–water partition coefficient (Wildman–Crippen LogP) is 3.66. The largest absolute Gasteiger partial charge is 0.486 e. The molecule has 22 heavy (non-hydrogen) atoms. The molecule has 0 unspecified atom stereocenters. The maximum Gasteiger partial charge on any atom is 0.323 e. The van der Waals surface area contributed by atoms with Crippen molar-refractivity contribution in [3.8, 4) is 11.5 Å². The number of benzene rings is 2. The van der Waals surface area contributed by atoms with Crippen LogP contribution in [0.25, 0.3) is 0 Å². The number of hydrogen-bond acceptors (Lipinski definition) is 3. The van der Waals surface area contributed by atoms with Crippen LogP contribution < -0.4 is 20.1 Å². The average molecular weight is 298 g/mol. The van der Waals surface area contributed by atoms with Crippen LogP contribution in [-0.4, -0.2) is 19.2 Å². The lowest BCUT2D eigenvalue weighted by Gasteiger charge is -2.19. The zero-order valence-electron chi connectivity index (χ0n) is 12.4. The van der Waals surface area contributed by atoms with E-state index in [0.29, 0.717) is 30.4 Å². The van der Waals surface area contributed by atoms with Crippen LogP contribution in [0, 0.1) is 0 Å². The van der Waals surface area contributed by atoms with Crippen LogP contribution >= 0.6 is 0 Å². The van der Waals surface area contributed by atoms with Gasteiger partial charge in [-0.05, 0) is 30.2 Å². The molecule has 0 fully saturated rings. The highest BCUT2D eigenvalue weighted by Gasteiger charge is 2.13. The van der Waals surface area contributed by atoms with Gasteiger partial charge in [0.25, 0.3) is 0 Å². The minimum absolute atomic E-state index is 0.280. The van der Waals surface area contributed by atoms with E-state index in [0.717, 1.165) is 17.7 Å². The van der Waals surface area contributed by atoms with Gasteiger partial charge in [-0.3, -0.25) is 0 Å². The highest BCUT2D eigenvalue weighted by molar-refractivity contribution is 6.00. The smallest absolute Gasteiger partial charge is 0.323 e. The summed E-state index contributed by atoms with van der Waals surface area (Å²) in [6.07, 6.45) is 0.862. The Bertz CT molecular complexity index is 685. The van der Waals surface area contributed by atoms with E-state index in [1.165, 1.54) is 0 Å². The Labute approximate surface area is 129 Å². The Morgan fingerprint density at radius 1 is 1.05 bits per heavy atom. The van der Waals surface area contributed by atoms with Crippen LogP contribution in [0.4, 0.5) is 16.2 Å². The van der Waals surface area contributed by atoms with E-state index in [2.05, 4.69) is 17.6 Å². The maximum atomic E-state index is 12.1. The molecule has 0 radical (unpaired) electrons. The van der Waals surface area contributed by atoms with Gasteiger partial charge in [0.2, 0.25) is 0 Å². The molecular formula is C17H18N2O3. The van der Waals surface area contributed by atoms with Gasteiger partial charge >= 0.3 is 6.03 Å². The number of aryl methyl sites for hydroxylation is 1. The summed E-state index contributed by atoms with van der Waals surface area (Å²) in [5.74, 6) is 1.35. The Balaban J connectivity index is 1.69. The molecule has 0 spiro atoms. The van der Waals surface area contributed by atoms with E-state index < -0.39 is 0 Å². The van der Waals surface area contributed by atoms with Crippen LogP contribution in [0.5, 0.6) is 11.5 Å². The Morgan fingerprint density at radius 2 is 1.82 bits per heavy atom. The third-order valence-electron chi connectivity index (χ3n) is 3.45. The van der Waals surface area contributed by atoms with Gasteiger partial charge in [0.15, 0.2) is 11.5 Å². The molecule has 0 saturated carbocycles. The number of carbonyl (C=O) groups is 1. The van der Waals surface area contributed by atoms with Crippen molar-refractivity contribution in [3.63, 3.8) is 0 Å². The number of anilines is 2. The molecule has 0 aromatic heterocycles. The van der Waals surface area contributed by atoms with E-state index >= 15 is 0 Å². The van der Waals surface area contributed by atoms with E-state index in [4.69, 9.17) is 9.47 Å². The lowest BCUT2D eigenvalue weighted by molar-refractivity contribution is 0.171. The summed E-state index contributed by atoms with van der Waals surface area (Å²) in [5, 5.41) is 5.67. The van der Waals surface area contributed by atoms with E-state index in [1.54, 1.807) is 18.2 Å². The molecule has 2 N–H and O–H groups in total. The van der Waals surface area contributed by atoms with Crippen LogP contribution in [0.3, 0.4) is 0 Å². The summed E-state index contributed by atoms with van der Waals surface area (Å²) in [7, 11) is 0. The maximum absolute atomic E-state index is 12.1. The minimum atomic E-state index is -0.280. The minimum Gasteiger partial charge on any atom is -0.486 e. The number of rotatable bonds is 3. The van der Waals surface area contributed by atoms with Crippen LogP contribution in [0.1, 0.15) is 12.5 Å². The first-order valence-corrected chi connectivity index (χ1v) is 7.32. The third-order valence-corrected chi connectivity index (χ3v) is 3.45. The summed E-state index contributed by atoms with van der Waals surface area (Å²) in [6.45, 7) is 3.12. The fraction of sp³-hybridized carbons (Fsp3) is 0.235. The Kier molecular flexibility index (Phi) is 4.14. The molecular weight excluding hydrogens is 280 g/mol. The number of para-hydroxylation sites is 1. The topological polar surface area (TPSA) is 59.6 Å². The van der Waals surface area contributed by atoms with Crippen molar-refractivity contribution in [2.75, 3.05) is 23.8 Å². The van der Waals surface area contributed by atoms with Gasteiger partial charge in [-0.2, -0.15) is 0 Å². The Morgan fingerprint density at radius 3 is 2.64 bits per heavy atom. The summed E-state index contributed by atoms with van der Waals surface area (Å²) >= 11 is 0. The van der Waals surface area contributed by atoms with Gasteiger partial charge in [0.05, 0.1) is 0 Å². The molecule has 1 heterocycles. The number of amides is 2. The van der Waals surface area contributed by atoms with E-state index in [9.17, 15) is 4.79 Å². The fourth-order valence-corrected chi connectivity index (χ4v) is 2.36. The molecule has 2 aromatic carbocycles. The molecule has 3 rings (SSSR count). The fourth-order valence-electron chi connectivity index (χ4n) is 2.36. The zero-order chi connectivity index (χ0) is 15.4. The summed E-state index contributed by atoms with van der Waals surface area (Å²) < 4.78 is 11.0. The van der Waals surface area contributed by atoms with Gasteiger partial charge in [-0.25, -0.2) is 4.79 Å². The third kappa shape index (κ3) is 3.14. The average Bonchev–Trinajstić information content (AvgIpc) is 2.55. The van der Waals surface area contributed by atoms with Crippen molar-refractivity contribution >= 4 is 17.4 Å². The molecule has 1 aliphatic heterocycles. The number of ether oxygens (including phenoxy) is 2. The second kappa shape index (κ2) is 6.39. The molecule has 114 valence electrons. The van der Waals surface area contributed by atoms with Gasteiger partial charge in [0, 0.05) is 17.4 Å². The zero-order valence-corrected chi connectivity index (χ0v) is 12.4. The van der Waals surface area contributed by atoms with Crippen molar-refractivity contribution in [2.24, 2.45) is 0 Å². The normalized spacial score (nSPS) is 12.6. The number of nitrogens with one attached hydrogen (secondary N) is 2. The van der Waals surface area contributed by atoms with Crippen molar-refractivity contribution in [1.29, 1.82) is 0 Å². The van der Waals surface area contributed by atoms with Crippen molar-refractivity contribution in [3.05, 3.63) is 48.0 Å². The quantitative estimate of drug-likeness (QED) is 0.909. The second-order valence-corrected chi connectivity index (χ2v) is 4.95. The van der Waals surface area contributed by atoms with E-state index in [-0.39, 0.29) is 6.03 Å². The number of fused-ring (bicyclic) bond motifs is 1. The monoisotopic (exact) mass is 298 g/mol. The number of carbonyl (C=O) groups excluding carboxylic acids is 1. The predicted molar refractivity (Wildman–Crippen MR) is 85.9 cm³/mol. The van der Waals surface area contributed by atoms with Crippen molar-refractivity contribution in [2.45, 2.75) is 13.3 Å². The van der Waals surface area contributed by atoms with Gasteiger partial charge in [-0.15, -0.1) is 0 Å². The van der Waals surface area contributed by atoms with Crippen LogP contribution in [0.15, 0.2) is 42.5 Å². The highest BCUT2D eigenvalue weighted by atomic mass is 16.6. The Hall–Kier alpha value is -2.69. The SMILES string of the molecule is CCc1ccccc1NC(=O)Nc1ccc2c(c1)OCCO2. The molecule has 0 bridgehead atoms. The molecule has 0 aliphatic carbocycles. The lowest BCUT2D eigenvalue weighted by atomic mass is 10.1. The first-order valence-electron chi connectivity index (χ1n) is 7.32. The number of urea groups is 1. The molecule has 1 aliphatic rings. The molecule has 5 heteroatoms. The summed E-state index contributed by atoms with van der Waals surface area (Å²) in [6, 6.07) is 12.8. The second-order valence-electron chi connectivity index (χ2n) is 4.95. The van der Waals surface area contributed by atoms with Crippen LogP contribution in [-0.2, 0) is 6.42 Å². The first kappa shape index (κ1) is 14.3. The summed E-state index contributed by atoms with van der Waals surface area (Å²) in [5.41, 5.74) is 2.58. The first-order chi connectivity index (χ1) is 10.8. The van der Waals surface area contributed by atoms with Gasteiger partial charge in [-0.1, -0.05) is 25.1 Å². The molecule has 0 saturated heterocycles. The number of hydrogen-bond donors (Lipinski definition) is 2. The lowest BCUT2D eigenvalue weighted by Crippen LogP contribution is -2.21. The van der Waals surface area contributed by atoms with Crippen molar-refractivity contribution in [1.82, 2.24) is 0 Å². The van der Waals surface area contributed by atoms with Crippen molar-refractivity contribution < 1.29 is 14.3 Å². The molecule has 2 amide bonds. The van der Waals surface area contributed by atoms with Gasteiger partial charge < -0.3 is 20.1 Å². The van der Waals surface area contributed by atoms with Gasteiger partial charge in [0.1, 0.15) is 13.2 Å². The highest BCUT2D eigenvalue weighted by Crippen LogP contribution is 2.32. The van der Waals surface area contributed by atoms with Crippen LogP contribution in [0.2, 0.25) is 0 Å². The summed E-state index contributed by atoms with van der Waals surface area (Å²) in [4.78, 5) is 12.1. The van der Waals surface area contributed by atoms with E-state index in [1.807, 2.05) is 24.3 Å². The molecule has 0 atom stereocenters. The molecule has 5 nitrogen and oxygen atoms in total.